The van der Waals surface area contributed by atoms with Crippen molar-refractivity contribution in [1.29, 1.82) is 0 Å². The maximum Gasteiger partial charge on any atom is 0.411 e. The van der Waals surface area contributed by atoms with Crippen LogP contribution in [0.25, 0.3) is 0 Å². The summed E-state index contributed by atoms with van der Waals surface area (Å²) in [5, 5.41) is 0. The van der Waals surface area contributed by atoms with Crippen LogP contribution in [0.15, 0.2) is 0 Å². The van der Waals surface area contributed by atoms with Crippen molar-refractivity contribution in [3.05, 3.63) is 0 Å². The lowest BCUT2D eigenvalue weighted by atomic mass is 10.5. The Hall–Kier alpha value is 0.390. The van der Waals surface area contributed by atoms with Gasteiger partial charge in [-0.2, -0.15) is 24.9 Å². The van der Waals surface area contributed by atoms with Crippen LogP contribution in [0.1, 0.15) is 6.42 Å². The molecule has 0 aliphatic rings. The largest absolute Gasteiger partial charge is 0.411 e. The van der Waals surface area contributed by atoms with Gasteiger partial charge in [0.25, 0.3) is 0 Å². The molecule has 1 nitrogen and oxygen atoms in total. The number of hydrogen-bond donors (Lipinski definition) is 0. The Bertz CT molecular complexity index is 121. The number of hydrogen-bond acceptors (Lipinski definition) is 2. The van der Waals surface area contributed by atoms with Crippen LogP contribution >= 0.6 is 23.4 Å². The number of halogens is 4. The van der Waals surface area contributed by atoms with Crippen molar-refractivity contribution < 1.29 is 17.9 Å². The first-order valence-corrected chi connectivity index (χ1v) is 5.53. The predicted octanol–water partition coefficient (Wildman–Crippen LogP) is 2.93. The highest BCUT2D eigenvalue weighted by Crippen LogP contribution is 2.14. The average molecular weight is 237 g/mol. The van der Waals surface area contributed by atoms with Gasteiger partial charge in [0.2, 0.25) is 0 Å². The molecule has 0 unspecified atom stereocenters. The topological polar surface area (TPSA) is 9.23 Å². The highest BCUT2D eigenvalue weighted by atomic mass is 35.5. The molecule has 0 saturated heterocycles. The van der Waals surface area contributed by atoms with E-state index in [0.717, 1.165) is 11.5 Å². The van der Waals surface area contributed by atoms with E-state index in [1.807, 2.05) is 0 Å². The monoisotopic (exact) mass is 236 g/mol. The van der Waals surface area contributed by atoms with Gasteiger partial charge in [-0.25, -0.2) is 0 Å². The van der Waals surface area contributed by atoms with Crippen molar-refractivity contribution in [1.82, 2.24) is 0 Å². The van der Waals surface area contributed by atoms with E-state index in [-0.39, 0.29) is 6.61 Å². The zero-order valence-electron chi connectivity index (χ0n) is 7.07. The van der Waals surface area contributed by atoms with Crippen LogP contribution in [0, 0.1) is 0 Å². The molecule has 0 N–H and O–H groups in total. The normalized spacial score (nSPS) is 12.0. The minimum absolute atomic E-state index is 0.162. The molecule has 0 atom stereocenters. The summed E-state index contributed by atoms with van der Waals surface area (Å²) in [7, 11) is 0. The fourth-order valence-corrected chi connectivity index (χ4v) is 1.57. The SMILES string of the molecule is FC(F)(F)COCCCSCCCl. The van der Waals surface area contributed by atoms with Crippen LogP contribution in [-0.2, 0) is 4.74 Å². The summed E-state index contributed by atoms with van der Waals surface area (Å²) in [5.74, 6) is 2.21. The van der Waals surface area contributed by atoms with Crippen LogP contribution in [0.3, 0.4) is 0 Å². The van der Waals surface area contributed by atoms with Crippen molar-refractivity contribution in [2.75, 3.05) is 30.6 Å². The number of rotatable bonds is 7. The standard InChI is InChI=1S/C7H12ClF3OS/c8-2-5-13-4-1-3-12-6-7(9,10)11/h1-6H2. The van der Waals surface area contributed by atoms with Crippen LogP contribution in [-0.4, -0.2) is 36.8 Å². The summed E-state index contributed by atoms with van der Waals surface area (Å²) in [5.41, 5.74) is 0. The molecule has 0 spiro atoms. The lowest BCUT2D eigenvalue weighted by molar-refractivity contribution is -0.173. The summed E-state index contributed by atoms with van der Waals surface area (Å²) in [6, 6.07) is 0. The molecule has 0 radical (unpaired) electrons. The molecule has 0 aliphatic carbocycles. The first-order valence-electron chi connectivity index (χ1n) is 3.84. The summed E-state index contributed by atoms with van der Waals surface area (Å²) < 4.78 is 39.0. The summed E-state index contributed by atoms with van der Waals surface area (Å²) in [6.45, 7) is -0.984. The van der Waals surface area contributed by atoms with Gasteiger partial charge in [0.1, 0.15) is 6.61 Å². The fourth-order valence-electron chi connectivity index (χ4n) is 0.608. The second kappa shape index (κ2) is 7.76. The van der Waals surface area contributed by atoms with Gasteiger partial charge in [0.15, 0.2) is 0 Å². The van der Waals surface area contributed by atoms with E-state index < -0.39 is 12.8 Å². The van der Waals surface area contributed by atoms with Crippen molar-refractivity contribution in [3.63, 3.8) is 0 Å². The molecule has 0 aromatic heterocycles. The van der Waals surface area contributed by atoms with Crippen molar-refractivity contribution in [2.24, 2.45) is 0 Å². The Balaban J connectivity index is 3.00. The number of ether oxygens (including phenoxy) is 1. The smallest absolute Gasteiger partial charge is 0.372 e. The van der Waals surface area contributed by atoms with Crippen LogP contribution in [0.4, 0.5) is 13.2 Å². The first kappa shape index (κ1) is 13.4. The first-order chi connectivity index (χ1) is 6.06. The van der Waals surface area contributed by atoms with Gasteiger partial charge in [-0.05, 0) is 12.2 Å². The maximum atomic E-state index is 11.5. The van der Waals surface area contributed by atoms with E-state index in [9.17, 15) is 13.2 Å². The average Bonchev–Trinajstić information content (AvgIpc) is 2.01. The number of alkyl halides is 4. The zero-order valence-corrected chi connectivity index (χ0v) is 8.64. The van der Waals surface area contributed by atoms with E-state index in [2.05, 4.69) is 4.74 Å². The van der Waals surface area contributed by atoms with Crippen LogP contribution in [0.5, 0.6) is 0 Å². The quantitative estimate of drug-likeness (QED) is 0.497. The Kier molecular flexibility index (Phi) is 8.00. The molecule has 0 aromatic carbocycles. The van der Waals surface area contributed by atoms with E-state index in [1.165, 1.54) is 0 Å². The van der Waals surface area contributed by atoms with Crippen molar-refractivity contribution >= 4 is 23.4 Å². The van der Waals surface area contributed by atoms with Crippen LogP contribution in [0.2, 0.25) is 0 Å². The Morgan fingerprint density at radius 1 is 1.23 bits per heavy atom. The predicted molar refractivity (Wildman–Crippen MR) is 49.5 cm³/mol. The van der Waals surface area contributed by atoms with Gasteiger partial charge in [0, 0.05) is 18.2 Å². The minimum atomic E-state index is -4.21. The summed E-state index contributed by atoms with van der Waals surface area (Å²) >= 11 is 7.02. The lowest BCUT2D eigenvalue weighted by Crippen LogP contribution is -2.17. The summed E-state index contributed by atoms with van der Waals surface area (Å²) in [4.78, 5) is 0. The van der Waals surface area contributed by atoms with E-state index in [0.29, 0.717) is 12.3 Å². The second-order valence-electron chi connectivity index (χ2n) is 2.32. The molecule has 0 fully saturated rings. The molecule has 0 bridgehead atoms. The van der Waals surface area contributed by atoms with Gasteiger partial charge in [-0.15, -0.1) is 11.6 Å². The molecule has 0 amide bonds. The van der Waals surface area contributed by atoms with E-state index in [1.54, 1.807) is 11.8 Å². The molecular weight excluding hydrogens is 225 g/mol. The molecule has 0 aromatic rings. The van der Waals surface area contributed by atoms with Crippen molar-refractivity contribution in [2.45, 2.75) is 12.6 Å². The highest BCUT2D eigenvalue weighted by molar-refractivity contribution is 7.99. The number of thioether (sulfide) groups is 1. The Morgan fingerprint density at radius 3 is 2.46 bits per heavy atom. The molecule has 0 rings (SSSR count). The minimum Gasteiger partial charge on any atom is -0.372 e. The molecule has 0 aliphatic heterocycles. The van der Waals surface area contributed by atoms with Crippen molar-refractivity contribution in [3.8, 4) is 0 Å². The molecule has 6 heteroatoms. The summed E-state index contributed by atoms with van der Waals surface area (Å²) in [6.07, 6.45) is -3.57. The van der Waals surface area contributed by atoms with Gasteiger partial charge in [0.05, 0.1) is 0 Å². The van der Waals surface area contributed by atoms with Gasteiger partial charge >= 0.3 is 6.18 Å². The molecule has 13 heavy (non-hydrogen) atoms. The third-order valence-corrected chi connectivity index (χ3v) is 2.55. The van der Waals surface area contributed by atoms with E-state index in [4.69, 9.17) is 11.6 Å². The van der Waals surface area contributed by atoms with Gasteiger partial charge in [-0.3, -0.25) is 0 Å². The van der Waals surface area contributed by atoms with Gasteiger partial charge < -0.3 is 4.74 Å². The molecule has 0 heterocycles. The molecule has 80 valence electrons. The molecular formula is C7H12ClF3OS. The fraction of sp³-hybridized carbons (Fsp3) is 1.00. The Labute approximate surface area is 85.0 Å². The van der Waals surface area contributed by atoms with Gasteiger partial charge in [-0.1, -0.05) is 0 Å². The molecule has 0 saturated carbocycles. The Morgan fingerprint density at radius 2 is 1.92 bits per heavy atom. The second-order valence-corrected chi connectivity index (χ2v) is 3.93. The third-order valence-electron chi connectivity index (χ3n) is 1.06. The van der Waals surface area contributed by atoms with E-state index >= 15 is 0 Å². The lowest BCUT2D eigenvalue weighted by Gasteiger charge is -2.06. The highest BCUT2D eigenvalue weighted by Gasteiger charge is 2.26. The van der Waals surface area contributed by atoms with Crippen LogP contribution < -0.4 is 0 Å². The third kappa shape index (κ3) is 12.4. The zero-order chi connectivity index (χ0) is 10.2. The maximum absolute atomic E-state index is 11.5.